The summed E-state index contributed by atoms with van der Waals surface area (Å²) < 4.78 is 2.00. The van der Waals surface area contributed by atoms with Gasteiger partial charge in [0.25, 0.3) is 0 Å². The van der Waals surface area contributed by atoms with Gasteiger partial charge in [-0.25, -0.2) is 4.68 Å². The van der Waals surface area contributed by atoms with Crippen LogP contribution in [-0.4, -0.2) is 32.8 Å². The van der Waals surface area contributed by atoms with Crippen molar-refractivity contribution in [2.24, 2.45) is 0 Å². The molecular weight excluding hydrogens is 372 g/mol. The molecule has 0 unspecified atom stereocenters. The van der Waals surface area contributed by atoms with Crippen LogP contribution in [0.1, 0.15) is 24.0 Å². The highest BCUT2D eigenvalue weighted by molar-refractivity contribution is 5.89. The topological polar surface area (TPSA) is 58.9 Å². The molecule has 30 heavy (non-hydrogen) atoms. The minimum atomic E-state index is 0.786. The molecule has 5 rings (SSSR count). The van der Waals surface area contributed by atoms with Gasteiger partial charge < -0.3 is 10.2 Å². The smallest absolute Gasteiger partial charge is 0.229 e. The van der Waals surface area contributed by atoms with Crippen molar-refractivity contribution in [1.82, 2.24) is 19.7 Å². The Labute approximate surface area is 176 Å². The number of hydrogen-bond acceptors (Lipinski definition) is 5. The van der Waals surface area contributed by atoms with Crippen LogP contribution in [0.2, 0.25) is 0 Å². The molecule has 1 aliphatic heterocycles. The zero-order chi connectivity index (χ0) is 20.3. The summed E-state index contributed by atoms with van der Waals surface area (Å²) in [6.45, 7) is 4.90. The van der Waals surface area contributed by atoms with E-state index in [-0.39, 0.29) is 0 Å². The highest BCUT2D eigenvalue weighted by Crippen LogP contribution is 2.28. The van der Waals surface area contributed by atoms with Crippen molar-refractivity contribution in [3.05, 3.63) is 71.9 Å². The van der Waals surface area contributed by atoms with Gasteiger partial charge in [0.2, 0.25) is 5.95 Å². The van der Waals surface area contributed by atoms with Crippen LogP contribution in [0, 0.1) is 6.92 Å². The number of aromatic nitrogens is 4. The lowest BCUT2D eigenvalue weighted by atomic mass is 10.1. The Balaban J connectivity index is 1.52. The molecule has 0 aliphatic carbocycles. The van der Waals surface area contributed by atoms with E-state index in [1.807, 2.05) is 16.9 Å². The summed E-state index contributed by atoms with van der Waals surface area (Å²) >= 11 is 0. The Morgan fingerprint density at radius 3 is 2.60 bits per heavy atom. The molecule has 6 nitrogen and oxygen atoms in total. The van der Waals surface area contributed by atoms with Crippen molar-refractivity contribution in [3.8, 4) is 0 Å². The maximum atomic E-state index is 4.92. The molecule has 1 N–H and O–H groups in total. The van der Waals surface area contributed by atoms with Crippen LogP contribution in [0.3, 0.4) is 0 Å². The van der Waals surface area contributed by atoms with E-state index < -0.39 is 0 Å². The SMILES string of the molecule is Cc1cccc(Nc2nc(N3CCCC3)nc3c2cnn3CCc2ccccc2)c1. The molecule has 1 aliphatic rings. The van der Waals surface area contributed by atoms with Crippen LogP contribution in [-0.2, 0) is 13.0 Å². The average Bonchev–Trinajstić information content (AvgIpc) is 3.43. The van der Waals surface area contributed by atoms with Crippen molar-refractivity contribution < 1.29 is 0 Å². The molecule has 0 bridgehead atoms. The predicted octanol–water partition coefficient (Wildman–Crippen LogP) is 4.72. The lowest BCUT2D eigenvalue weighted by molar-refractivity contribution is 0.629. The maximum Gasteiger partial charge on any atom is 0.229 e. The molecule has 0 radical (unpaired) electrons. The van der Waals surface area contributed by atoms with Gasteiger partial charge in [0.05, 0.1) is 11.6 Å². The van der Waals surface area contributed by atoms with Crippen LogP contribution in [0.4, 0.5) is 17.5 Å². The lowest BCUT2D eigenvalue weighted by Gasteiger charge is -2.17. The number of anilines is 3. The summed E-state index contributed by atoms with van der Waals surface area (Å²) in [6.07, 6.45) is 5.18. The van der Waals surface area contributed by atoms with E-state index in [9.17, 15) is 0 Å². The molecule has 0 amide bonds. The molecule has 152 valence electrons. The second kappa shape index (κ2) is 8.14. The summed E-state index contributed by atoms with van der Waals surface area (Å²) in [5.41, 5.74) is 4.43. The summed E-state index contributed by atoms with van der Waals surface area (Å²) in [7, 11) is 0. The third-order valence-electron chi connectivity index (χ3n) is 5.61. The van der Waals surface area contributed by atoms with Crippen LogP contribution in [0.5, 0.6) is 0 Å². The first-order valence-electron chi connectivity index (χ1n) is 10.6. The van der Waals surface area contributed by atoms with Crippen LogP contribution >= 0.6 is 0 Å². The third-order valence-corrected chi connectivity index (χ3v) is 5.61. The number of fused-ring (bicyclic) bond motifs is 1. The summed E-state index contributed by atoms with van der Waals surface area (Å²) in [5.74, 6) is 1.61. The van der Waals surface area contributed by atoms with E-state index in [0.717, 1.165) is 54.5 Å². The Bertz CT molecular complexity index is 1150. The van der Waals surface area contributed by atoms with Gasteiger partial charge in [-0.1, -0.05) is 42.5 Å². The standard InChI is InChI=1S/C24H26N6/c1-18-8-7-11-20(16-18)26-22-21-17-25-30(15-12-19-9-3-2-4-10-19)23(21)28-24(27-22)29-13-5-6-14-29/h2-4,7-11,16-17H,5-6,12-15H2,1H3,(H,26,27,28). The van der Waals surface area contributed by atoms with Crippen molar-refractivity contribution in [3.63, 3.8) is 0 Å². The van der Waals surface area contributed by atoms with Crippen molar-refractivity contribution >= 4 is 28.5 Å². The largest absolute Gasteiger partial charge is 0.341 e. The van der Waals surface area contributed by atoms with Gasteiger partial charge >= 0.3 is 0 Å². The minimum Gasteiger partial charge on any atom is -0.341 e. The Hall–Kier alpha value is -3.41. The van der Waals surface area contributed by atoms with Gasteiger partial charge in [-0.05, 0) is 49.4 Å². The van der Waals surface area contributed by atoms with Gasteiger partial charge in [-0.3, -0.25) is 0 Å². The zero-order valence-corrected chi connectivity index (χ0v) is 17.3. The fourth-order valence-electron chi connectivity index (χ4n) is 4.00. The average molecular weight is 399 g/mol. The van der Waals surface area contributed by atoms with E-state index >= 15 is 0 Å². The van der Waals surface area contributed by atoms with Gasteiger partial charge in [0, 0.05) is 25.3 Å². The Kier molecular flexibility index (Phi) is 5.05. The first-order chi connectivity index (χ1) is 14.8. The Morgan fingerprint density at radius 1 is 0.967 bits per heavy atom. The molecule has 0 saturated carbocycles. The molecule has 4 aromatic rings. The molecular formula is C24H26N6. The van der Waals surface area contributed by atoms with E-state index in [1.54, 1.807) is 0 Å². The van der Waals surface area contributed by atoms with Gasteiger partial charge in [0.1, 0.15) is 5.82 Å². The number of nitrogens with one attached hydrogen (secondary N) is 1. The van der Waals surface area contributed by atoms with E-state index in [0.29, 0.717) is 0 Å². The lowest BCUT2D eigenvalue weighted by Crippen LogP contribution is -2.21. The molecule has 2 aromatic heterocycles. The number of hydrogen-bond donors (Lipinski definition) is 1. The fourth-order valence-corrected chi connectivity index (χ4v) is 4.00. The summed E-state index contributed by atoms with van der Waals surface area (Å²) in [6, 6.07) is 18.9. The van der Waals surface area contributed by atoms with Gasteiger partial charge in [-0.15, -0.1) is 0 Å². The quantitative estimate of drug-likeness (QED) is 0.509. The predicted molar refractivity (Wildman–Crippen MR) is 121 cm³/mol. The van der Waals surface area contributed by atoms with Crippen molar-refractivity contribution in [1.29, 1.82) is 0 Å². The molecule has 1 saturated heterocycles. The monoisotopic (exact) mass is 398 g/mol. The first kappa shape index (κ1) is 18.6. The normalized spacial score (nSPS) is 13.8. The minimum absolute atomic E-state index is 0.786. The maximum absolute atomic E-state index is 4.92. The second-order valence-electron chi connectivity index (χ2n) is 7.90. The highest BCUT2D eigenvalue weighted by atomic mass is 15.3. The number of aryl methyl sites for hydroxylation is 3. The van der Waals surface area contributed by atoms with E-state index in [2.05, 4.69) is 70.8 Å². The molecule has 1 fully saturated rings. The number of rotatable bonds is 6. The molecule has 2 aromatic carbocycles. The third kappa shape index (κ3) is 3.85. The van der Waals surface area contributed by atoms with Crippen LogP contribution in [0.25, 0.3) is 11.0 Å². The molecule has 3 heterocycles. The molecule has 6 heteroatoms. The van der Waals surface area contributed by atoms with E-state index in [1.165, 1.54) is 24.0 Å². The van der Waals surface area contributed by atoms with Crippen molar-refractivity contribution in [2.75, 3.05) is 23.3 Å². The number of nitrogens with zero attached hydrogens (tertiary/aromatic N) is 5. The van der Waals surface area contributed by atoms with Gasteiger partial charge in [0.15, 0.2) is 5.65 Å². The zero-order valence-electron chi connectivity index (χ0n) is 17.3. The second-order valence-corrected chi connectivity index (χ2v) is 7.90. The van der Waals surface area contributed by atoms with Crippen LogP contribution < -0.4 is 10.2 Å². The van der Waals surface area contributed by atoms with Crippen LogP contribution in [0.15, 0.2) is 60.8 Å². The molecule has 0 atom stereocenters. The fraction of sp³-hybridized carbons (Fsp3) is 0.292. The molecule has 0 spiro atoms. The number of benzene rings is 2. The van der Waals surface area contributed by atoms with Crippen molar-refractivity contribution in [2.45, 2.75) is 32.7 Å². The highest BCUT2D eigenvalue weighted by Gasteiger charge is 2.20. The first-order valence-corrected chi connectivity index (χ1v) is 10.6. The summed E-state index contributed by atoms with van der Waals surface area (Å²) in [4.78, 5) is 12.1. The van der Waals surface area contributed by atoms with E-state index in [4.69, 9.17) is 9.97 Å². The van der Waals surface area contributed by atoms with Gasteiger partial charge in [-0.2, -0.15) is 15.1 Å². The summed E-state index contributed by atoms with van der Waals surface area (Å²) in [5, 5.41) is 9.11. The Morgan fingerprint density at radius 2 is 1.80 bits per heavy atom.